The van der Waals surface area contributed by atoms with Gasteiger partial charge in [-0.3, -0.25) is 0 Å². The molecule has 0 unspecified atom stereocenters. The Morgan fingerprint density at radius 3 is 2.21 bits per heavy atom. The number of allylic oxidation sites excluding steroid dienone is 2. The quantitative estimate of drug-likeness (QED) is 0.311. The highest BCUT2D eigenvalue weighted by Crippen LogP contribution is 2.41. The van der Waals surface area contributed by atoms with Gasteiger partial charge in [0.15, 0.2) is 0 Å². The van der Waals surface area contributed by atoms with Crippen molar-refractivity contribution in [1.82, 2.24) is 0 Å². The predicted octanol–water partition coefficient (Wildman–Crippen LogP) is 6.94. The Bertz CT molecular complexity index is 343. The van der Waals surface area contributed by atoms with Crippen LogP contribution in [0.5, 0.6) is 0 Å². The number of unbranched alkanes of at least 4 members (excludes halogenated alkanes) is 3. The molecule has 0 N–H and O–H groups in total. The van der Waals surface area contributed by atoms with Crippen LogP contribution in [0.15, 0.2) is 24.8 Å². The van der Waals surface area contributed by atoms with Crippen molar-refractivity contribution in [2.24, 2.45) is 23.7 Å². The van der Waals surface area contributed by atoms with Gasteiger partial charge >= 0.3 is 0 Å². The maximum absolute atomic E-state index is 5.65. The lowest BCUT2D eigenvalue weighted by atomic mass is 9.69. The van der Waals surface area contributed by atoms with Crippen molar-refractivity contribution in [2.75, 3.05) is 13.2 Å². The SMILES string of the molecule is C=CCOCC1CCC([C@H]2CC[C@H](/C=C/CCCCC)CC2)CC1. The van der Waals surface area contributed by atoms with Crippen molar-refractivity contribution in [1.29, 1.82) is 0 Å². The first-order valence-electron chi connectivity index (χ1n) is 10.7. The number of rotatable bonds is 10. The molecule has 2 saturated carbocycles. The molecule has 2 aliphatic rings. The highest BCUT2D eigenvalue weighted by molar-refractivity contribution is 4.92. The fourth-order valence-electron chi connectivity index (χ4n) is 4.75. The summed E-state index contributed by atoms with van der Waals surface area (Å²) in [4.78, 5) is 0. The van der Waals surface area contributed by atoms with Crippen LogP contribution in [-0.2, 0) is 4.74 Å². The Balaban J connectivity index is 1.58. The summed E-state index contributed by atoms with van der Waals surface area (Å²) < 4.78 is 5.65. The van der Waals surface area contributed by atoms with Crippen LogP contribution in [0.3, 0.4) is 0 Å². The predicted molar refractivity (Wildman–Crippen MR) is 105 cm³/mol. The fourth-order valence-corrected chi connectivity index (χ4v) is 4.75. The van der Waals surface area contributed by atoms with E-state index in [4.69, 9.17) is 4.74 Å². The average molecular weight is 333 g/mol. The molecule has 1 nitrogen and oxygen atoms in total. The fraction of sp³-hybridized carbons (Fsp3) is 0.826. The Hall–Kier alpha value is -0.560. The summed E-state index contributed by atoms with van der Waals surface area (Å²) in [6.45, 7) is 7.68. The molecule has 0 saturated heterocycles. The summed E-state index contributed by atoms with van der Waals surface area (Å²) in [6.07, 6.45) is 23.8. The Morgan fingerprint density at radius 1 is 0.917 bits per heavy atom. The van der Waals surface area contributed by atoms with Crippen LogP contribution in [0.2, 0.25) is 0 Å². The van der Waals surface area contributed by atoms with Crippen LogP contribution in [0.1, 0.15) is 84.0 Å². The number of hydrogen-bond donors (Lipinski definition) is 0. The lowest BCUT2D eigenvalue weighted by Gasteiger charge is -2.37. The minimum atomic E-state index is 0.718. The molecule has 2 rings (SSSR count). The molecule has 0 spiro atoms. The van der Waals surface area contributed by atoms with Gasteiger partial charge in [0.1, 0.15) is 0 Å². The van der Waals surface area contributed by atoms with Gasteiger partial charge in [-0.05, 0) is 87.9 Å². The van der Waals surface area contributed by atoms with Gasteiger partial charge in [0, 0.05) is 6.61 Å². The van der Waals surface area contributed by atoms with Crippen molar-refractivity contribution in [3.8, 4) is 0 Å². The van der Waals surface area contributed by atoms with E-state index in [0.717, 1.165) is 36.9 Å². The largest absolute Gasteiger partial charge is 0.377 e. The van der Waals surface area contributed by atoms with Gasteiger partial charge in [-0.1, -0.05) is 38.0 Å². The number of hydrogen-bond acceptors (Lipinski definition) is 1. The second-order valence-corrected chi connectivity index (χ2v) is 8.21. The highest BCUT2D eigenvalue weighted by Gasteiger charge is 2.30. The smallest absolute Gasteiger partial charge is 0.0644 e. The van der Waals surface area contributed by atoms with E-state index in [1.807, 2.05) is 6.08 Å². The zero-order chi connectivity index (χ0) is 17.0. The molecule has 1 heteroatoms. The van der Waals surface area contributed by atoms with E-state index >= 15 is 0 Å². The summed E-state index contributed by atoms with van der Waals surface area (Å²) in [5.41, 5.74) is 0. The molecular formula is C23H40O. The van der Waals surface area contributed by atoms with E-state index < -0.39 is 0 Å². The third-order valence-electron chi connectivity index (χ3n) is 6.35. The van der Waals surface area contributed by atoms with Gasteiger partial charge < -0.3 is 4.74 Å². The molecule has 0 amide bonds. The lowest BCUT2D eigenvalue weighted by molar-refractivity contribution is 0.0800. The van der Waals surface area contributed by atoms with E-state index in [0.29, 0.717) is 0 Å². The van der Waals surface area contributed by atoms with Gasteiger partial charge in [-0.25, -0.2) is 0 Å². The standard InChI is InChI=1S/C23H40O/c1-3-5-6-7-8-9-20-10-14-22(15-11-20)23-16-12-21(13-17-23)19-24-18-4-2/h4,8-9,20-23H,2-3,5-7,10-19H2,1H3/b9-8+/t20-,21?,22-,23?. The van der Waals surface area contributed by atoms with E-state index in [9.17, 15) is 0 Å². The van der Waals surface area contributed by atoms with Crippen LogP contribution >= 0.6 is 0 Å². The first kappa shape index (κ1) is 19.8. The second kappa shape index (κ2) is 11.9. The third-order valence-corrected chi connectivity index (χ3v) is 6.35. The van der Waals surface area contributed by atoms with Crippen LogP contribution in [-0.4, -0.2) is 13.2 Å². The minimum absolute atomic E-state index is 0.718. The summed E-state index contributed by atoms with van der Waals surface area (Å²) >= 11 is 0. The van der Waals surface area contributed by atoms with Gasteiger partial charge in [-0.15, -0.1) is 6.58 Å². The number of ether oxygens (including phenoxy) is 1. The van der Waals surface area contributed by atoms with Gasteiger partial charge in [0.05, 0.1) is 6.61 Å². The maximum Gasteiger partial charge on any atom is 0.0644 e. The Kier molecular flexibility index (Phi) is 9.80. The van der Waals surface area contributed by atoms with E-state index in [2.05, 4.69) is 25.7 Å². The molecule has 138 valence electrons. The van der Waals surface area contributed by atoms with Crippen molar-refractivity contribution >= 4 is 0 Å². The molecule has 0 radical (unpaired) electrons. The highest BCUT2D eigenvalue weighted by atomic mass is 16.5. The summed E-state index contributed by atoms with van der Waals surface area (Å²) in [7, 11) is 0. The first-order valence-corrected chi connectivity index (χ1v) is 10.7. The summed E-state index contributed by atoms with van der Waals surface area (Å²) in [5.74, 6) is 3.72. The molecule has 0 heterocycles. The molecule has 0 aromatic carbocycles. The molecule has 2 fully saturated rings. The van der Waals surface area contributed by atoms with Crippen LogP contribution in [0.25, 0.3) is 0 Å². The maximum atomic E-state index is 5.65. The third kappa shape index (κ3) is 7.13. The summed E-state index contributed by atoms with van der Waals surface area (Å²) in [6, 6.07) is 0. The van der Waals surface area contributed by atoms with Crippen LogP contribution < -0.4 is 0 Å². The lowest BCUT2D eigenvalue weighted by Crippen LogP contribution is -2.26. The van der Waals surface area contributed by atoms with Crippen molar-refractivity contribution in [3.63, 3.8) is 0 Å². The Labute approximate surface area is 150 Å². The first-order chi connectivity index (χ1) is 11.8. The van der Waals surface area contributed by atoms with Gasteiger partial charge in [0.25, 0.3) is 0 Å². The van der Waals surface area contributed by atoms with Crippen LogP contribution in [0.4, 0.5) is 0 Å². The Morgan fingerprint density at radius 2 is 1.58 bits per heavy atom. The summed E-state index contributed by atoms with van der Waals surface area (Å²) in [5, 5.41) is 0. The molecule has 0 bridgehead atoms. The van der Waals surface area contributed by atoms with Crippen molar-refractivity contribution in [2.45, 2.75) is 84.0 Å². The topological polar surface area (TPSA) is 9.23 Å². The molecule has 2 aliphatic carbocycles. The molecule has 0 aliphatic heterocycles. The molecule has 24 heavy (non-hydrogen) atoms. The molecule has 0 atom stereocenters. The monoisotopic (exact) mass is 332 g/mol. The van der Waals surface area contributed by atoms with Crippen molar-refractivity contribution < 1.29 is 4.74 Å². The van der Waals surface area contributed by atoms with Crippen LogP contribution in [0, 0.1) is 23.7 Å². The molecule has 0 aromatic rings. The average Bonchev–Trinajstić information content (AvgIpc) is 2.63. The van der Waals surface area contributed by atoms with E-state index in [1.54, 1.807) is 0 Å². The van der Waals surface area contributed by atoms with Crippen molar-refractivity contribution in [3.05, 3.63) is 24.8 Å². The molecule has 0 aromatic heterocycles. The van der Waals surface area contributed by atoms with E-state index in [-0.39, 0.29) is 0 Å². The van der Waals surface area contributed by atoms with E-state index in [1.165, 1.54) is 77.0 Å². The van der Waals surface area contributed by atoms with Gasteiger partial charge in [-0.2, -0.15) is 0 Å². The van der Waals surface area contributed by atoms with Gasteiger partial charge in [0.2, 0.25) is 0 Å². The zero-order valence-electron chi connectivity index (χ0n) is 16.1. The molecular weight excluding hydrogens is 292 g/mol. The zero-order valence-corrected chi connectivity index (χ0v) is 16.1. The minimum Gasteiger partial charge on any atom is -0.377 e. The normalized spacial score (nSPS) is 31.4. The second-order valence-electron chi connectivity index (χ2n) is 8.21.